The van der Waals surface area contributed by atoms with Crippen LogP contribution in [0.2, 0.25) is 0 Å². The lowest BCUT2D eigenvalue weighted by atomic mass is 10.2. The topological polar surface area (TPSA) is 41.1 Å². The summed E-state index contributed by atoms with van der Waals surface area (Å²) in [7, 11) is 0. The Bertz CT molecular complexity index is 614. The number of halogens is 2. The molecule has 0 aliphatic carbocycles. The number of hydrogen-bond acceptors (Lipinski definition) is 2. The molecule has 0 aliphatic rings. The molecule has 22 heavy (non-hydrogen) atoms. The van der Waals surface area contributed by atoms with E-state index in [-0.39, 0.29) is 24.1 Å². The maximum atomic E-state index is 13.4. The predicted molar refractivity (Wildman–Crippen MR) is 81.0 cm³/mol. The third-order valence-corrected chi connectivity index (χ3v) is 3.21. The molecule has 5 heteroatoms. The van der Waals surface area contributed by atoms with Gasteiger partial charge in [0.25, 0.3) is 0 Å². The summed E-state index contributed by atoms with van der Waals surface area (Å²) in [6, 6.07) is 12.5. The van der Waals surface area contributed by atoms with E-state index in [0.717, 1.165) is 5.56 Å². The normalized spacial score (nSPS) is 10.5. The molecule has 2 aromatic rings. The minimum absolute atomic E-state index is 0.144. The van der Waals surface area contributed by atoms with Gasteiger partial charge in [0.2, 0.25) is 5.91 Å². The van der Waals surface area contributed by atoms with Crippen LogP contribution in [0.1, 0.15) is 17.5 Å². The molecule has 3 nitrogen and oxygen atoms in total. The number of benzene rings is 2. The average molecular weight is 304 g/mol. The van der Waals surface area contributed by atoms with Crippen LogP contribution in [0, 0.1) is 11.6 Å². The number of carbonyl (C=O) groups excluding carboxylic acids is 1. The maximum Gasteiger partial charge on any atom is 0.221 e. The Kier molecular flexibility index (Phi) is 6.03. The van der Waals surface area contributed by atoms with E-state index in [2.05, 4.69) is 10.6 Å². The van der Waals surface area contributed by atoms with E-state index in [4.69, 9.17) is 0 Å². The Morgan fingerprint density at radius 3 is 2.41 bits per heavy atom. The molecule has 0 aliphatic heterocycles. The van der Waals surface area contributed by atoms with E-state index in [1.807, 2.05) is 0 Å². The van der Waals surface area contributed by atoms with Gasteiger partial charge in [0.15, 0.2) is 0 Å². The molecule has 0 unspecified atom stereocenters. The molecule has 0 bridgehead atoms. The van der Waals surface area contributed by atoms with Gasteiger partial charge < -0.3 is 10.6 Å². The molecular formula is C17H18F2N2O. The van der Waals surface area contributed by atoms with Crippen LogP contribution in [0.3, 0.4) is 0 Å². The number of nitrogens with one attached hydrogen (secondary N) is 2. The van der Waals surface area contributed by atoms with Crippen LogP contribution in [0.4, 0.5) is 8.78 Å². The maximum absolute atomic E-state index is 13.4. The fraction of sp³-hybridized carbons (Fsp3) is 0.235. The molecule has 0 saturated carbocycles. The van der Waals surface area contributed by atoms with Gasteiger partial charge in [-0.2, -0.15) is 0 Å². The van der Waals surface area contributed by atoms with E-state index in [1.54, 1.807) is 30.3 Å². The molecule has 0 heterocycles. The summed E-state index contributed by atoms with van der Waals surface area (Å²) in [6.07, 6.45) is 0.301. The van der Waals surface area contributed by atoms with Gasteiger partial charge in [0, 0.05) is 31.6 Å². The van der Waals surface area contributed by atoms with E-state index in [0.29, 0.717) is 25.1 Å². The zero-order chi connectivity index (χ0) is 15.8. The summed E-state index contributed by atoms with van der Waals surface area (Å²) < 4.78 is 26.1. The zero-order valence-electron chi connectivity index (χ0n) is 12.1. The van der Waals surface area contributed by atoms with E-state index in [1.165, 1.54) is 18.2 Å². The van der Waals surface area contributed by atoms with Gasteiger partial charge in [-0.25, -0.2) is 8.78 Å². The van der Waals surface area contributed by atoms with E-state index in [9.17, 15) is 13.6 Å². The van der Waals surface area contributed by atoms with E-state index < -0.39 is 0 Å². The van der Waals surface area contributed by atoms with Crippen LogP contribution >= 0.6 is 0 Å². The molecule has 0 radical (unpaired) electrons. The van der Waals surface area contributed by atoms with Gasteiger partial charge in [-0.05, 0) is 23.8 Å². The fourth-order valence-corrected chi connectivity index (χ4v) is 1.96. The average Bonchev–Trinajstić information content (AvgIpc) is 2.52. The summed E-state index contributed by atoms with van der Waals surface area (Å²) >= 11 is 0. The van der Waals surface area contributed by atoms with Crippen molar-refractivity contribution in [2.45, 2.75) is 19.5 Å². The van der Waals surface area contributed by atoms with E-state index >= 15 is 0 Å². The van der Waals surface area contributed by atoms with Gasteiger partial charge in [0.1, 0.15) is 11.6 Å². The molecule has 0 spiro atoms. The monoisotopic (exact) mass is 304 g/mol. The van der Waals surface area contributed by atoms with Crippen LogP contribution in [0.5, 0.6) is 0 Å². The molecular weight excluding hydrogens is 286 g/mol. The largest absolute Gasteiger partial charge is 0.352 e. The highest BCUT2D eigenvalue weighted by Crippen LogP contribution is 2.05. The van der Waals surface area contributed by atoms with Crippen molar-refractivity contribution in [2.75, 3.05) is 6.54 Å². The lowest BCUT2D eigenvalue weighted by Crippen LogP contribution is -2.27. The molecule has 0 aromatic heterocycles. The van der Waals surface area contributed by atoms with Gasteiger partial charge in [-0.1, -0.05) is 30.3 Å². The third-order valence-electron chi connectivity index (χ3n) is 3.21. The van der Waals surface area contributed by atoms with Crippen molar-refractivity contribution < 1.29 is 13.6 Å². The highest BCUT2D eigenvalue weighted by Gasteiger charge is 2.04. The third kappa shape index (κ3) is 5.26. The SMILES string of the molecule is O=C(CCNCc1ccc(F)cc1)NCc1ccccc1F. The second kappa shape index (κ2) is 8.24. The van der Waals surface area contributed by atoms with Crippen LogP contribution in [0.15, 0.2) is 48.5 Å². The van der Waals surface area contributed by atoms with Gasteiger partial charge in [0.05, 0.1) is 0 Å². The molecule has 0 atom stereocenters. The van der Waals surface area contributed by atoms with Crippen LogP contribution in [-0.2, 0) is 17.9 Å². The van der Waals surface area contributed by atoms with Crippen molar-refractivity contribution in [1.29, 1.82) is 0 Å². The zero-order valence-corrected chi connectivity index (χ0v) is 12.1. The number of amides is 1. The predicted octanol–water partition coefficient (Wildman–Crippen LogP) is 2.76. The second-order valence-corrected chi connectivity index (χ2v) is 4.92. The standard InChI is InChI=1S/C17H18F2N2O/c18-15-7-5-13(6-8-15)11-20-10-9-17(22)21-12-14-3-1-2-4-16(14)19/h1-8,20H,9-12H2,(H,21,22). The quantitative estimate of drug-likeness (QED) is 0.772. The lowest BCUT2D eigenvalue weighted by molar-refractivity contribution is -0.121. The summed E-state index contributed by atoms with van der Waals surface area (Å²) in [5.74, 6) is -0.733. The minimum atomic E-state index is -0.322. The summed E-state index contributed by atoms with van der Waals surface area (Å²) in [5.41, 5.74) is 1.42. The Labute approximate surface area is 128 Å². The van der Waals surface area contributed by atoms with Crippen molar-refractivity contribution in [1.82, 2.24) is 10.6 Å². The van der Waals surface area contributed by atoms with Crippen molar-refractivity contribution in [3.05, 3.63) is 71.3 Å². The molecule has 1 amide bonds. The first-order valence-corrected chi connectivity index (χ1v) is 7.10. The second-order valence-electron chi connectivity index (χ2n) is 4.92. The number of hydrogen-bond donors (Lipinski definition) is 2. The van der Waals surface area contributed by atoms with Crippen molar-refractivity contribution >= 4 is 5.91 Å². The van der Waals surface area contributed by atoms with Gasteiger partial charge in [-0.15, -0.1) is 0 Å². The summed E-state index contributed by atoms with van der Waals surface area (Å²) in [4.78, 5) is 11.7. The number of carbonyl (C=O) groups is 1. The Morgan fingerprint density at radius 2 is 1.68 bits per heavy atom. The smallest absolute Gasteiger partial charge is 0.221 e. The van der Waals surface area contributed by atoms with Crippen LogP contribution in [-0.4, -0.2) is 12.5 Å². The molecule has 0 fully saturated rings. The van der Waals surface area contributed by atoms with Gasteiger partial charge in [-0.3, -0.25) is 4.79 Å². The van der Waals surface area contributed by atoms with Crippen molar-refractivity contribution in [2.24, 2.45) is 0 Å². The first-order valence-electron chi connectivity index (χ1n) is 7.10. The number of rotatable bonds is 7. The molecule has 116 valence electrons. The van der Waals surface area contributed by atoms with Crippen LogP contribution < -0.4 is 10.6 Å². The Balaban J connectivity index is 1.64. The molecule has 2 N–H and O–H groups in total. The van der Waals surface area contributed by atoms with Crippen LogP contribution in [0.25, 0.3) is 0 Å². The Hall–Kier alpha value is -2.27. The van der Waals surface area contributed by atoms with Crippen molar-refractivity contribution in [3.8, 4) is 0 Å². The highest BCUT2D eigenvalue weighted by atomic mass is 19.1. The van der Waals surface area contributed by atoms with Gasteiger partial charge >= 0.3 is 0 Å². The minimum Gasteiger partial charge on any atom is -0.352 e. The summed E-state index contributed by atoms with van der Waals surface area (Å²) in [6.45, 7) is 1.25. The van der Waals surface area contributed by atoms with Crippen molar-refractivity contribution in [3.63, 3.8) is 0 Å². The Morgan fingerprint density at radius 1 is 0.955 bits per heavy atom. The molecule has 2 rings (SSSR count). The molecule has 0 saturated heterocycles. The first-order chi connectivity index (χ1) is 10.6. The lowest BCUT2D eigenvalue weighted by Gasteiger charge is -2.07. The first kappa shape index (κ1) is 16.1. The summed E-state index contributed by atoms with van der Waals surface area (Å²) in [5, 5.41) is 5.78. The highest BCUT2D eigenvalue weighted by molar-refractivity contribution is 5.76. The fourth-order valence-electron chi connectivity index (χ4n) is 1.96. The molecule has 2 aromatic carbocycles.